The van der Waals surface area contributed by atoms with E-state index in [0.717, 1.165) is 12.8 Å². The Balaban J connectivity index is 1.94. The third-order valence-corrected chi connectivity index (χ3v) is 4.92. The fraction of sp³-hybridized carbons (Fsp3) is 0.941. The van der Waals surface area contributed by atoms with Crippen molar-refractivity contribution in [1.29, 1.82) is 5.26 Å². The first-order chi connectivity index (χ1) is 9.69. The van der Waals surface area contributed by atoms with Crippen LogP contribution in [0.25, 0.3) is 0 Å². The van der Waals surface area contributed by atoms with Gasteiger partial charge >= 0.3 is 0 Å². The summed E-state index contributed by atoms with van der Waals surface area (Å²) in [6.45, 7) is 4.72. The minimum absolute atomic E-state index is 0.0414. The smallest absolute Gasteiger partial charge is 0.160 e. The van der Waals surface area contributed by atoms with Gasteiger partial charge in [-0.15, -0.1) is 0 Å². The van der Waals surface area contributed by atoms with Crippen molar-refractivity contribution in [3.63, 3.8) is 0 Å². The van der Waals surface area contributed by atoms with Crippen LogP contribution in [0.5, 0.6) is 0 Å². The molecule has 3 unspecified atom stereocenters. The molecule has 0 bridgehead atoms. The van der Waals surface area contributed by atoms with Crippen LogP contribution in [0, 0.1) is 22.7 Å². The molecule has 3 heteroatoms. The lowest BCUT2D eigenvalue weighted by atomic mass is 9.81. The molecule has 3 nitrogen and oxygen atoms in total. The predicted molar refractivity (Wildman–Crippen MR) is 79.1 cm³/mol. The van der Waals surface area contributed by atoms with E-state index in [9.17, 15) is 5.26 Å². The minimum Gasteiger partial charge on any atom is -0.351 e. The van der Waals surface area contributed by atoms with Gasteiger partial charge in [0, 0.05) is 5.92 Å². The second-order valence-corrected chi connectivity index (χ2v) is 6.73. The quantitative estimate of drug-likeness (QED) is 0.700. The van der Waals surface area contributed by atoms with Crippen LogP contribution in [-0.2, 0) is 9.47 Å². The topological polar surface area (TPSA) is 42.2 Å². The molecule has 2 fully saturated rings. The molecule has 2 aliphatic rings. The van der Waals surface area contributed by atoms with Gasteiger partial charge in [0.05, 0.1) is 18.8 Å². The predicted octanol–water partition coefficient (Wildman–Crippen LogP) is 4.42. The maximum atomic E-state index is 9.46. The molecule has 114 valence electrons. The van der Waals surface area contributed by atoms with E-state index in [4.69, 9.17) is 9.47 Å². The van der Waals surface area contributed by atoms with Gasteiger partial charge in [-0.25, -0.2) is 0 Å². The van der Waals surface area contributed by atoms with Gasteiger partial charge in [0.2, 0.25) is 0 Å². The Morgan fingerprint density at radius 3 is 2.60 bits per heavy atom. The maximum absolute atomic E-state index is 9.46. The zero-order valence-electron chi connectivity index (χ0n) is 13.1. The Hall–Kier alpha value is -0.590. The number of rotatable bonds is 5. The van der Waals surface area contributed by atoms with Gasteiger partial charge in [-0.1, -0.05) is 45.4 Å². The zero-order valence-corrected chi connectivity index (χ0v) is 13.1. The second-order valence-electron chi connectivity index (χ2n) is 6.73. The van der Waals surface area contributed by atoms with Crippen molar-refractivity contribution in [2.24, 2.45) is 11.3 Å². The molecular weight excluding hydrogens is 250 g/mol. The number of hydrogen-bond donors (Lipinski definition) is 0. The Bertz CT molecular complexity index is 332. The van der Waals surface area contributed by atoms with Gasteiger partial charge in [0.25, 0.3) is 0 Å². The summed E-state index contributed by atoms with van der Waals surface area (Å²) in [7, 11) is 0. The van der Waals surface area contributed by atoms with E-state index < -0.39 is 5.41 Å². The molecule has 0 aromatic heterocycles. The van der Waals surface area contributed by atoms with Crippen LogP contribution >= 0.6 is 0 Å². The van der Waals surface area contributed by atoms with E-state index in [0.29, 0.717) is 12.5 Å². The fourth-order valence-electron chi connectivity index (χ4n) is 3.42. The van der Waals surface area contributed by atoms with Gasteiger partial charge in [-0.2, -0.15) is 5.26 Å². The fourth-order valence-corrected chi connectivity index (χ4v) is 3.42. The SMILES string of the molecule is CCCCCC1OC(C2CCCCC2)OCC1(C)C#N. The van der Waals surface area contributed by atoms with Crippen molar-refractivity contribution in [2.45, 2.75) is 84.0 Å². The van der Waals surface area contributed by atoms with Crippen LogP contribution in [0.3, 0.4) is 0 Å². The number of nitrogens with zero attached hydrogens (tertiary/aromatic N) is 1. The van der Waals surface area contributed by atoms with E-state index >= 15 is 0 Å². The van der Waals surface area contributed by atoms with Crippen LogP contribution < -0.4 is 0 Å². The minimum atomic E-state index is -0.473. The van der Waals surface area contributed by atoms with Crippen LogP contribution in [0.15, 0.2) is 0 Å². The standard InChI is InChI=1S/C17H29NO2/c1-3-4-6-11-15-17(2,12-18)13-19-16(20-15)14-9-7-5-8-10-14/h14-16H,3-11,13H2,1-2H3. The number of ether oxygens (including phenoxy) is 2. The molecule has 0 N–H and O–H groups in total. The molecule has 20 heavy (non-hydrogen) atoms. The van der Waals surface area contributed by atoms with Gasteiger partial charge in [0.1, 0.15) is 5.41 Å². The maximum Gasteiger partial charge on any atom is 0.160 e. The third-order valence-electron chi connectivity index (χ3n) is 4.92. The van der Waals surface area contributed by atoms with Crippen molar-refractivity contribution < 1.29 is 9.47 Å². The molecule has 0 amide bonds. The van der Waals surface area contributed by atoms with Gasteiger partial charge in [-0.05, 0) is 26.2 Å². The monoisotopic (exact) mass is 279 g/mol. The largest absolute Gasteiger partial charge is 0.351 e. The Kier molecular flexibility index (Phi) is 5.86. The van der Waals surface area contributed by atoms with E-state index in [1.165, 1.54) is 44.9 Å². The lowest BCUT2D eigenvalue weighted by Gasteiger charge is -2.43. The van der Waals surface area contributed by atoms with Crippen LogP contribution in [0.1, 0.15) is 71.6 Å². The average Bonchev–Trinajstić information content (AvgIpc) is 2.50. The first kappa shape index (κ1) is 15.8. The Morgan fingerprint density at radius 1 is 1.20 bits per heavy atom. The molecule has 1 saturated heterocycles. The van der Waals surface area contributed by atoms with E-state index in [1.54, 1.807) is 0 Å². The second kappa shape index (κ2) is 7.43. The molecule has 1 saturated carbocycles. The molecule has 0 radical (unpaired) electrons. The summed E-state index contributed by atoms with van der Waals surface area (Å²) < 4.78 is 12.2. The molecule has 2 rings (SSSR count). The molecule has 1 aliphatic heterocycles. The molecule has 3 atom stereocenters. The highest BCUT2D eigenvalue weighted by Crippen LogP contribution is 2.38. The molecule has 0 aromatic carbocycles. The van der Waals surface area contributed by atoms with Crippen LogP contribution in [0.4, 0.5) is 0 Å². The third kappa shape index (κ3) is 3.74. The normalized spacial score (nSPS) is 35.6. The van der Waals surface area contributed by atoms with E-state index in [2.05, 4.69) is 13.0 Å². The average molecular weight is 279 g/mol. The summed E-state index contributed by atoms with van der Waals surface area (Å²) in [6, 6.07) is 2.43. The van der Waals surface area contributed by atoms with Crippen molar-refractivity contribution in [2.75, 3.05) is 6.61 Å². The zero-order chi connectivity index (χ0) is 14.4. The van der Waals surface area contributed by atoms with Crippen LogP contribution in [-0.4, -0.2) is 19.0 Å². The highest BCUT2D eigenvalue weighted by molar-refractivity contribution is 5.03. The van der Waals surface area contributed by atoms with Crippen molar-refractivity contribution in [3.8, 4) is 6.07 Å². The lowest BCUT2D eigenvalue weighted by Crippen LogP contribution is -2.49. The van der Waals surface area contributed by atoms with Crippen LogP contribution in [0.2, 0.25) is 0 Å². The molecule has 1 aliphatic carbocycles. The van der Waals surface area contributed by atoms with Crippen molar-refractivity contribution >= 4 is 0 Å². The summed E-state index contributed by atoms with van der Waals surface area (Å²) in [5.74, 6) is 0.542. The number of nitriles is 1. The Labute approximate surface area is 123 Å². The van der Waals surface area contributed by atoms with Crippen molar-refractivity contribution in [3.05, 3.63) is 0 Å². The van der Waals surface area contributed by atoms with Gasteiger partial charge < -0.3 is 9.47 Å². The molecule has 0 aromatic rings. The summed E-state index contributed by atoms with van der Waals surface area (Å²) >= 11 is 0. The first-order valence-corrected chi connectivity index (χ1v) is 8.38. The van der Waals surface area contributed by atoms with Gasteiger partial charge in [-0.3, -0.25) is 0 Å². The van der Waals surface area contributed by atoms with E-state index in [-0.39, 0.29) is 12.4 Å². The summed E-state index contributed by atoms with van der Waals surface area (Å²) in [5, 5.41) is 9.46. The van der Waals surface area contributed by atoms with E-state index in [1.807, 2.05) is 6.92 Å². The Morgan fingerprint density at radius 2 is 1.95 bits per heavy atom. The number of hydrogen-bond acceptors (Lipinski definition) is 3. The first-order valence-electron chi connectivity index (χ1n) is 8.38. The molecule has 0 spiro atoms. The molecular formula is C17H29NO2. The number of unbranched alkanes of at least 4 members (excludes halogenated alkanes) is 2. The molecule has 1 heterocycles. The summed E-state index contributed by atoms with van der Waals surface area (Å²) in [5.41, 5.74) is -0.473. The summed E-state index contributed by atoms with van der Waals surface area (Å²) in [4.78, 5) is 0. The highest BCUT2D eigenvalue weighted by Gasteiger charge is 2.43. The highest BCUT2D eigenvalue weighted by atomic mass is 16.7. The lowest BCUT2D eigenvalue weighted by molar-refractivity contribution is -0.274. The van der Waals surface area contributed by atoms with Crippen molar-refractivity contribution in [1.82, 2.24) is 0 Å². The summed E-state index contributed by atoms with van der Waals surface area (Å²) in [6.07, 6.45) is 10.9. The van der Waals surface area contributed by atoms with Gasteiger partial charge in [0.15, 0.2) is 6.29 Å².